The van der Waals surface area contributed by atoms with Gasteiger partial charge in [0.2, 0.25) is 5.91 Å². The molecule has 0 bridgehead atoms. The molecule has 1 atom stereocenters. The van der Waals surface area contributed by atoms with E-state index < -0.39 is 22.7 Å². The Labute approximate surface area is 136 Å². The zero-order chi connectivity index (χ0) is 17.3. The normalized spacial score (nSPS) is 12.0. The Morgan fingerprint density at radius 2 is 2.13 bits per heavy atom. The highest BCUT2D eigenvalue weighted by atomic mass is 35.5. The van der Waals surface area contributed by atoms with Gasteiger partial charge in [0.25, 0.3) is 0 Å². The molecule has 23 heavy (non-hydrogen) atoms. The van der Waals surface area contributed by atoms with Gasteiger partial charge in [-0.3, -0.25) is 19.6 Å². The Bertz CT molecular complexity index is 791. The molecular weight excluding hydrogens is 327 g/mol. The van der Waals surface area contributed by atoms with Crippen LogP contribution in [-0.4, -0.2) is 20.6 Å². The van der Waals surface area contributed by atoms with Crippen LogP contribution in [0.15, 0.2) is 18.2 Å². The topological polar surface area (TPSA) is 90.1 Å². The summed E-state index contributed by atoms with van der Waals surface area (Å²) in [5.74, 6) is -1.04. The number of hydrogen-bond donors (Lipinski definition) is 1. The molecule has 1 N–H and O–H groups in total. The van der Waals surface area contributed by atoms with Crippen molar-refractivity contribution in [3.63, 3.8) is 0 Å². The second-order valence-corrected chi connectivity index (χ2v) is 5.42. The quantitative estimate of drug-likeness (QED) is 0.682. The van der Waals surface area contributed by atoms with Crippen LogP contribution in [-0.2, 0) is 4.79 Å². The number of aryl methyl sites for hydroxylation is 1. The summed E-state index contributed by atoms with van der Waals surface area (Å²) in [5, 5.41) is 17.5. The molecule has 0 spiro atoms. The Morgan fingerprint density at radius 3 is 2.65 bits per heavy atom. The smallest absolute Gasteiger partial charge is 0.312 e. The van der Waals surface area contributed by atoms with Crippen LogP contribution < -0.4 is 5.32 Å². The lowest BCUT2D eigenvalue weighted by Crippen LogP contribution is -2.25. The van der Waals surface area contributed by atoms with Crippen LogP contribution in [0.2, 0.25) is 5.02 Å². The van der Waals surface area contributed by atoms with Gasteiger partial charge in [-0.1, -0.05) is 11.6 Å². The molecule has 0 saturated heterocycles. The number of benzene rings is 1. The van der Waals surface area contributed by atoms with Crippen LogP contribution >= 0.6 is 11.6 Å². The van der Waals surface area contributed by atoms with Gasteiger partial charge in [0.15, 0.2) is 0 Å². The van der Waals surface area contributed by atoms with Gasteiger partial charge in [-0.15, -0.1) is 0 Å². The van der Waals surface area contributed by atoms with E-state index in [0.29, 0.717) is 5.69 Å². The fourth-order valence-corrected chi connectivity index (χ4v) is 2.41. The van der Waals surface area contributed by atoms with E-state index in [9.17, 15) is 19.3 Å². The van der Waals surface area contributed by atoms with Gasteiger partial charge in [0, 0.05) is 5.69 Å². The van der Waals surface area contributed by atoms with Crippen LogP contribution in [0.1, 0.15) is 24.4 Å². The average molecular weight is 341 g/mol. The molecule has 1 heterocycles. The third-order valence-corrected chi connectivity index (χ3v) is 3.69. The van der Waals surface area contributed by atoms with Crippen molar-refractivity contribution < 1.29 is 14.1 Å². The SMILES string of the molecule is Cc1nn(C(C)C(=O)Nc2ccc(F)c(Cl)c2)c(C)c1[N+](=O)[O-]. The standard InChI is InChI=1S/C14H14ClFN4O3/c1-7-13(20(22)23)8(2)19(18-7)9(3)14(21)17-10-4-5-12(16)11(15)6-10/h4-6,9H,1-3H3,(H,17,21). The number of aromatic nitrogens is 2. The van der Waals surface area contributed by atoms with E-state index in [-0.39, 0.29) is 22.1 Å². The Morgan fingerprint density at radius 1 is 1.48 bits per heavy atom. The Kier molecular flexibility index (Phi) is 4.65. The molecule has 1 aromatic carbocycles. The van der Waals surface area contributed by atoms with Crippen molar-refractivity contribution in [2.75, 3.05) is 5.32 Å². The molecule has 0 aliphatic heterocycles. The predicted octanol–water partition coefficient (Wildman–Crippen LogP) is 3.40. The molecule has 1 aromatic heterocycles. The monoisotopic (exact) mass is 340 g/mol. The maximum absolute atomic E-state index is 13.1. The van der Waals surface area contributed by atoms with Gasteiger partial charge in [-0.2, -0.15) is 5.10 Å². The number of hydrogen-bond acceptors (Lipinski definition) is 4. The summed E-state index contributed by atoms with van der Waals surface area (Å²) >= 11 is 5.66. The minimum absolute atomic E-state index is 0.114. The third-order valence-electron chi connectivity index (χ3n) is 3.40. The maximum atomic E-state index is 13.1. The van der Waals surface area contributed by atoms with Gasteiger partial charge in [-0.05, 0) is 39.0 Å². The summed E-state index contributed by atoms with van der Waals surface area (Å²) in [7, 11) is 0. The van der Waals surface area contributed by atoms with E-state index in [4.69, 9.17) is 11.6 Å². The number of carbonyl (C=O) groups is 1. The predicted molar refractivity (Wildman–Crippen MR) is 83.1 cm³/mol. The van der Waals surface area contributed by atoms with Crippen molar-refractivity contribution in [2.45, 2.75) is 26.8 Å². The van der Waals surface area contributed by atoms with E-state index in [1.807, 2.05) is 0 Å². The Hall–Kier alpha value is -2.48. The Balaban J connectivity index is 2.24. The van der Waals surface area contributed by atoms with Crippen LogP contribution in [0.5, 0.6) is 0 Å². The number of halogens is 2. The number of carbonyl (C=O) groups excluding carboxylic acids is 1. The minimum Gasteiger partial charge on any atom is -0.324 e. The number of nitrogens with one attached hydrogen (secondary N) is 1. The number of rotatable bonds is 4. The molecule has 0 radical (unpaired) electrons. The van der Waals surface area contributed by atoms with Crippen LogP contribution in [0.25, 0.3) is 0 Å². The summed E-state index contributed by atoms with van der Waals surface area (Å²) in [5.41, 5.74) is 0.725. The molecule has 122 valence electrons. The molecule has 1 unspecified atom stereocenters. The second kappa shape index (κ2) is 6.33. The first kappa shape index (κ1) is 16.9. The first-order chi connectivity index (χ1) is 10.7. The molecule has 0 saturated carbocycles. The van der Waals surface area contributed by atoms with Crippen molar-refractivity contribution in [1.29, 1.82) is 0 Å². The summed E-state index contributed by atoms with van der Waals surface area (Å²) < 4.78 is 14.4. The summed E-state index contributed by atoms with van der Waals surface area (Å²) in [6.45, 7) is 4.59. The van der Waals surface area contributed by atoms with Crippen LogP contribution in [0, 0.1) is 29.8 Å². The molecule has 2 aromatic rings. The van der Waals surface area contributed by atoms with E-state index in [1.165, 1.54) is 30.7 Å². The minimum atomic E-state index is -0.786. The van der Waals surface area contributed by atoms with Gasteiger partial charge in [0.1, 0.15) is 23.2 Å². The highest BCUT2D eigenvalue weighted by Gasteiger charge is 2.27. The average Bonchev–Trinajstić information content (AvgIpc) is 2.77. The number of anilines is 1. The van der Waals surface area contributed by atoms with Crippen molar-refractivity contribution in [2.24, 2.45) is 0 Å². The highest BCUT2D eigenvalue weighted by Crippen LogP contribution is 2.25. The molecular formula is C14H14ClFN4O3. The van der Waals surface area contributed by atoms with Crippen molar-refractivity contribution in [3.05, 3.63) is 50.5 Å². The van der Waals surface area contributed by atoms with Crippen molar-refractivity contribution >= 4 is 28.9 Å². The lowest BCUT2D eigenvalue weighted by atomic mass is 10.2. The largest absolute Gasteiger partial charge is 0.324 e. The summed E-state index contributed by atoms with van der Waals surface area (Å²) in [6.07, 6.45) is 0. The number of nitro groups is 1. The van der Waals surface area contributed by atoms with E-state index in [0.717, 1.165) is 6.07 Å². The second-order valence-electron chi connectivity index (χ2n) is 5.02. The zero-order valence-corrected chi connectivity index (χ0v) is 13.4. The van der Waals surface area contributed by atoms with Crippen molar-refractivity contribution in [1.82, 2.24) is 9.78 Å². The van der Waals surface area contributed by atoms with Gasteiger partial charge in [0.05, 0.1) is 9.95 Å². The fourth-order valence-electron chi connectivity index (χ4n) is 2.23. The lowest BCUT2D eigenvalue weighted by molar-refractivity contribution is -0.386. The first-order valence-corrected chi connectivity index (χ1v) is 7.06. The van der Waals surface area contributed by atoms with Gasteiger partial charge < -0.3 is 5.32 Å². The molecule has 2 rings (SSSR count). The maximum Gasteiger partial charge on any atom is 0.312 e. The summed E-state index contributed by atoms with van der Waals surface area (Å²) in [4.78, 5) is 22.8. The fraction of sp³-hybridized carbons (Fsp3) is 0.286. The highest BCUT2D eigenvalue weighted by molar-refractivity contribution is 6.31. The molecule has 0 aliphatic carbocycles. The lowest BCUT2D eigenvalue weighted by Gasteiger charge is -2.14. The van der Waals surface area contributed by atoms with E-state index in [2.05, 4.69) is 10.4 Å². The van der Waals surface area contributed by atoms with Crippen LogP contribution in [0.3, 0.4) is 0 Å². The molecule has 9 heteroatoms. The third kappa shape index (κ3) is 3.31. The van der Waals surface area contributed by atoms with Gasteiger partial charge >= 0.3 is 5.69 Å². The van der Waals surface area contributed by atoms with E-state index >= 15 is 0 Å². The van der Waals surface area contributed by atoms with Crippen LogP contribution in [0.4, 0.5) is 15.8 Å². The summed E-state index contributed by atoms with van der Waals surface area (Å²) in [6, 6.07) is 3.00. The molecule has 0 fully saturated rings. The first-order valence-electron chi connectivity index (χ1n) is 6.68. The van der Waals surface area contributed by atoms with E-state index in [1.54, 1.807) is 6.92 Å². The number of nitrogens with zero attached hydrogens (tertiary/aromatic N) is 3. The van der Waals surface area contributed by atoms with Crippen molar-refractivity contribution in [3.8, 4) is 0 Å². The van der Waals surface area contributed by atoms with Gasteiger partial charge in [-0.25, -0.2) is 4.39 Å². The number of amides is 1. The molecule has 7 nitrogen and oxygen atoms in total. The molecule has 0 aliphatic rings. The zero-order valence-electron chi connectivity index (χ0n) is 12.6. The molecule has 1 amide bonds.